The van der Waals surface area contributed by atoms with Gasteiger partial charge in [0.1, 0.15) is 0 Å². The van der Waals surface area contributed by atoms with Gasteiger partial charge >= 0.3 is 0 Å². The van der Waals surface area contributed by atoms with E-state index in [0.717, 1.165) is 49.8 Å². The highest BCUT2D eigenvalue weighted by Gasteiger charge is 2.12. The number of pyridine rings is 1. The van der Waals surface area contributed by atoms with Gasteiger partial charge in [0, 0.05) is 38.3 Å². The van der Waals surface area contributed by atoms with Crippen molar-refractivity contribution in [2.75, 3.05) is 26.3 Å². The third-order valence-electron chi connectivity index (χ3n) is 4.67. The van der Waals surface area contributed by atoms with Crippen LogP contribution in [-0.4, -0.2) is 46.0 Å². The zero-order chi connectivity index (χ0) is 16.5. The molecule has 0 N–H and O–H groups in total. The summed E-state index contributed by atoms with van der Waals surface area (Å²) in [7, 11) is 1.95. The van der Waals surface area contributed by atoms with E-state index in [-0.39, 0.29) is 0 Å². The number of hydrogen-bond acceptors (Lipinski definition) is 4. The zero-order valence-corrected chi connectivity index (χ0v) is 14.2. The van der Waals surface area contributed by atoms with Crippen LogP contribution in [0.1, 0.15) is 11.1 Å². The molecule has 3 heterocycles. The van der Waals surface area contributed by atoms with Gasteiger partial charge in [-0.05, 0) is 42.3 Å². The molecule has 3 aromatic rings. The summed E-state index contributed by atoms with van der Waals surface area (Å²) in [6.45, 7) is 6.82. The van der Waals surface area contributed by atoms with E-state index in [1.807, 2.05) is 24.0 Å². The highest BCUT2D eigenvalue weighted by atomic mass is 16.5. The molecule has 1 saturated heterocycles. The third kappa shape index (κ3) is 2.92. The largest absolute Gasteiger partial charge is 0.379 e. The first-order valence-corrected chi connectivity index (χ1v) is 8.39. The number of rotatable bonds is 3. The van der Waals surface area contributed by atoms with Crippen LogP contribution in [-0.2, 0) is 18.3 Å². The minimum absolute atomic E-state index is 0.836. The van der Waals surface area contributed by atoms with Gasteiger partial charge in [0.05, 0.1) is 30.1 Å². The van der Waals surface area contributed by atoms with E-state index < -0.39 is 0 Å². The Balaban J connectivity index is 1.67. The molecule has 1 fully saturated rings. The van der Waals surface area contributed by atoms with Gasteiger partial charge in [-0.25, -0.2) is 4.98 Å². The highest BCUT2D eigenvalue weighted by Crippen LogP contribution is 2.25. The fraction of sp³-hybridized carbons (Fsp3) is 0.368. The quantitative estimate of drug-likeness (QED) is 0.744. The van der Waals surface area contributed by atoms with Gasteiger partial charge < -0.3 is 4.74 Å². The summed E-state index contributed by atoms with van der Waals surface area (Å²) in [5, 5.41) is 5.47. The second-order valence-electron chi connectivity index (χ2n) is 6.40. The van der Waals surface area contributed by atoms with Crippen LogP contribution in [0.4, 0.5) is 0 Å². The first-order valence-electron chi connectivity index (χ1n) is 8.39. The Kier molecular flexibility index (Phi) is 4.04. The average molecular weight is 322 g/mol. The third-order valence-corrected chi connectivity index (χ3v) is 4.67. The number of fused-ring (bicyclic) bond motifs is 1. The van der Waals surface area contributed by atoms with Crippen LogP contribution >= 0.6 is 0 Å². The zero-order valence-electron chi connectivity index (χ0n) is 14.2. The lowest BCUT2D eigenvalue weighted by Crippen LogP contribution is -2.35. The summed E-state index contributed by atoms with van der Waals surface area (Å²) in [5.74, 6) is 0. The Morgan fingerprint density at radius 3 is 2.71 bits per heavy atom. The van der Waals surface area contributed by atoms with Crippen LogP contribution < -0.4 is 0 Å². The average Bonchev–Trinajstić information content (AvgIpc) is 3.02. The normalized spacial score (nSPS) is 15.9. The standard InChI is InChI=1S/C19H22N4O/c1-14-11-18(19-5-6-20-22(19)2)21-17-4-3-15(12-16(14)17)13-23-7-9-24-10-8-23/h3-6,11-12H,7-10,13H2,1-2H3. The van der Waals surface area contributed by atoms with Crippen molar-refractivity contribution in [1.29, 1.82) is 0 Å². The molecule has 0 amide bonds. The lowest BCUT2D eigenvalue weighted by Gasteiger charge is -2.26. The minimum Gasteiger partial charge on any atom is -0.379 e. The van der Waals surface area contributed by atoms with Crippen LogP contribution in [0.25, 0.3) is 22.3 Å². The smallest absolute Gasteiger partial charge is 0.0893 e. The minimum atomic E-state index is 0.836. The summed E-state index contributed by atoms with van der Waals surface area (Å²) in [6.07, 6.45) is 1.81. The Morgan fingerprint density at radius 1 is 1.12 bits per heavy atom. The fourth-order valence-electron chi connectivity index (χ4n) is 3.31. The van der Waals surface area contributed by atoms with Crippen molar-refractivity contribution >= 4 is 10.9 Å². The molecule has 0 bridgehead atoms. The molecule has 5 nitrogen and oxygen atoms in total. The van der Waals surface area contributed by atoms with Gasteiger partial charge in [-0.3, -0.25) is 9.58 Å². The van der Waals surface area contributed by atoms with Gasteiger partial charge in [-0.15, -0.1) is 0 Å². The second-order valence-corrected chi connectivity index (χ2v) is 6.40. The monoisotopic (exact) mass is 322 g/mol. The molecule has 0 radical (unpaired) electrons. The van der Waals surface area contributed by atoms with E-state index in [0.29, 0.717) is 0 Å². The van der Waals surface area contributed by atoms with Crippen molar-refractivity contribution in [2.24, 2.45) is 7.05 Å². The molecule has 5 heteroatoms. The fourth-order valence-corrected chi connectivity index (χ4v) is 3.31. The summed E-state index contributed by atoms with van der Waals surface area (Å²) in [4.78, 5) is 7.27. The van der Waals surface area contributed by atoms with Gasteiger partial charge in [0.2, 0.25) is 0 Å². The maximum absolute atomic E-state index is 5.43. The summed E-state index contributed by atoms with van der Waals surface area (Å²) in [6, 6.07) is 10.8. The highest BCUT2D eigenvalue weighted by molar-refractivity contribution is 5.85. The Hall–Kier alpha value is -2.24. The van der Waals surface area contributed by atoms with E-state index in [1.54, 1.807) is 0 Å². The number of benzene rings is 1. The lowest BCUT2D eigenvalue weighted by molar-refractivity contribution is 0.0342. The molecule has 4 rings (SSSR count). The Morgan fingerprint density at radius 2 is 1.96 bits per heavy atom. The van der Waals surface area contributed by atoms with Gasteiger partial charge in [-0.1, -0.05) is 6.07 Å². The first-order chi connectivity index (χ1) is 11.7. The molecule has 0 atom stereocenters. The number of morpholine rings is 1. The van der Waals surface area contributed by atoms with Gasteiger partial charge in [0.15, 0.2) is 0 Å². The molecule has 1 aliphatic rings. The summed E-state index contributed by atoms with van der Waals surface area (Å²) in [5.41, 5.74) is 5.64. The molecule has 1 aliphatic heterocycles. The molecule has 0 saturated carbocycles. The molecule has 24 heavy (non-hydrogen) atoms. The Bertz CT molecular complexity index is 865. The second kappa shape index (κ2) is 6.34. The topological polar surface area (TPSA) is 43.2 Å². The van der Waals surface area contributed by atoms with E-state index in [1.165, 1.54) is 16.5 Å². The molecule has 124 valence electrons. The van der Waals surface area contributed by atoms with E-state index in [4.69, 9.17) is 9.72 Å². The predicted molar refractivity (Wildman–Crippen MR) is 94.8 cm³/mol. The van der Waals surface area contributed by atoms with Gasteiger partial charge in [-0.2, -0.15) is 5.10 Å². The van der Waals surface area contributed by atoms with Crippen molar-refractivity contribution in [3.05, 3.63) is 47.7 Å². The molecule has 0 unspecified atom stereocenters. The molecular formula is C19H22N4O. The maximum atomic E-state index is 5.43. The van der Waals surface area contributed by atoms with E-state index >= 15 is 0 Å². The van der Waals surface area contributed by atoms with Gasteiger partial charge in [0.25, 0.3) is 0 Å². The molecule has 0 spiro atoms. The van der Waals surface area contributed by atoms with Crippen molar-refractivity contribution in [3.63, 3.8) is 0 Å². The number of nitrogens with zero attached hydrogens (tertiary/aromatic N) is 4. The molecule has 1 aromatic carbocycles. The summed E-state index contributed by atoms with van der Waals surface area (Å²) < 4.78 is 7.29. The van der Waals surface area contributed by atoms with Crippen molar-refractivity contribution in [2.45, 2.75) is 13.5 Å². The molecule has 0 aliphatic carbocycles. The number of hydrogen-bond donors (Lipinski definition) is 0. The maximum Gasteiger partial charge on any atom is 0.0893 e. The number of ether oxygens (including phenoxy) is 1. The Labute approximate surface area is 141 Å². The lowest BCUT2D eigenvalue weighted by atomic mass is 10.0. The van der Waals surface area contributed by atoms with Crippen molar-refractivity contribution in [1.82, 2.24) is 19.7 Å². The first kappa shape index (κ1) is 15.3. The van der Waals surface area contributed by atoms with Crippen LogP contribution in [0.5, 0.6) is 0 Å². The predicted octanol–water partition coefficient (Wildman–Crippen LogP) is 2.78. The van der Waals surface area contributed by atoms with Crippen molar-refractivity contribution < 1.29 is 4.74 Å². The number of aromatic nitrogens is 3. The van der Waals surface area contributed by atoms with Crippen LogP contribution in [0.3, 0.4) is 0 Å². The van der Waals surface area contributed by atoms with Crippen molar-refractivity contribution in [3.8, 4) is 11.4 Å². The SMILES string of the molecule is Cc1cc(-c2ccnn2C)nc2ccc(CN3CCOCC3)cc12. The summed E-state index contributed by atoms with van der Waals surface area (Å²) >= 11 is 0. The van der Waals surface area contributed by atoms with E-state index in [2.05, 4.69) is 41.2 Å². The molecular weight excluding hydrogens is 300 g/mol. The van der Waals surface area contributed by atoms with Crippen LogP contribution in [0.15, 0.2) is 36.5 Å². The number of aryl methyl sites for hydroxylation is 2. The van der Waals surface area contributed by atoms with E-state index in [9.17, 15) is 0 Å². The van der Waals surface area contributed by atoms with Crippen LogP contribution in [0.2, 0.25) is 0 Å². The molecule has 2 aromatic heterocycles. The van der Waals surface area contributed by atoms with Crippen LogP contribution in [0, 0.1) is 6.92 Å².